The van der Waals surface area contributed by atoms with E-state index >= 15 is 0 Å². The molecule has 0 atom stereocenters. The smallest absolute Gasteiger partial charge is 0.243 e. The zero-order valence-corrected chi connectivity index (χ0v) is 17.1. The zero-order valence-electron chi connectivity index (χ0n) is 16.4. The molecule has 0 unspecified atom stereocenters. The molecule has 0 spiro atoms. The quantitative estimate of drug-likeness (QED) is 0.696. The average molecular weight is 406 g/mol. The lowest BCUT2D eigenvalue weighted by molar-refractivity contribution is -0.136. The fourth-order valence-corrected chi connectivity index (χ4v) is 3.49. The second-order valence-corrected chi connectivity index (χ2v) is 7.79. The number of nitrogens with zero attached hydrogens (tertiary/aromatic N) is 4. The van der Waals surface area contributed by atoms with Gasteiger partial charge in [-0.3, -0.25) is 9.59 Å². The molecule has 1 saturated heterocycles. The Balaban J connectivity index is 1.44. The van der Waals surface area contributed by atoms with Gasteiger partial charge in [0.25, 0.3) is 0 Å². The Morgan fingerprint density at radius 3 is 2.57 bits per heavy atom. The van der Waals surface area contributed by atoms with Gasteiger partial charge in [-0.25, -0.2) is 5.01 Å². The average Bonchev–Trinajstić information content (AvgIpc) is 2.69. The van der Waals surface area contributed by atoms with Crippen molar-refractivity contribution in [3.63, 3.8) is 0 Å². The van der Waals surface area contributed by atoms with Gasteiger partial charge < -0.3 is 15.1 Å². The molecule has 0 saturated carbocycles. The molecule has 7 nitrogen and oxygen atoms in total. The van der Waals surface area contributed by atoms with Crippen LogP contribution < -0.4 is 5.32 Å². The van der Waals surface area contributed by atoms with Crippen molar-refractivity contribution in [3.8, 4) is 0 Å². The summed E-state index contributed by atoms with van der Waals surface area (Å²) in [6.45, 7) is 5.90. The fraction of sp³-hybridized carbons (Fsp3) is 0.550. The molecule has 28 heavy (non-hydrogen) atoms. The SMILES string of the molecule is CN1CCN(CCCNC(=O)CN2N=C(c3ccc(Cl)cc3)CCC2=O)CC1. The summed E-state index contributed by atoms with van der Waals surface area (Å²) >= 11 is 5.93. The van der Waals surface area contributed by atoms with Crippen LogP contribution in [0.25, 0.3) is 0 Å². The molecular weight excluding hydrogens is 378 g/mol. The lowest BCUT2D eigenvalue weighted by atomic mass is 10.0. The van der Waals surface area contributed by atoms with E-state index in [9.17, 15) is 9.59 Å². The molecule has 2 amide bonds. The minimum atomic E-state index is -0.173. The Hall–Kier alpha value is -1.96. The van der Waals surface area contributed by atoms with E-state index in [1.165, 1.54) is 5.01 Å². The van der Waals surface area contributed by atoms with Gasteiger partial charge in [-0.05, 0) is 37.7 Å². The first-order valence-corrected chi connectivity index (χ1v) is 10.2. The maximum absolute atomic E-state index is 12.2. The number of hydrazone groups is 1. The van der Waals surface area contributed by atoms with Gasteiger partial charge in [-0.2, -0.15) is 5.10 Å². The number of carbonyl (C=O) groups is 2. The first-order valence-electron chi connectivity index (χ1n) is 9.82. The summed E-state index contributed by atoms with van der Waals surface area (Å²) in [5.74, 6) is -0.293. The molecule has 0 aliphatic carbocycles. The predicted octanol–water partition coefficient (Wildman–Crippen LogP) is 1.42. The highest BCUT2D eigenvalue weighted by molar-refractivity contribution is 6.30. The number of hydrogen-bond donors (Lipinski definition) is 1. The summed E-state index contributed by atoms with van der Waals surface area (Å²) in [5.41, 5.74) is 1.73. The molecule has 0 bridgehead atoms. The lowest BCUT2D eigenvalue weighted by Crippen LogP contribution is -2.45. The van der Waals surface area contributed by atoms with Gasteiger partial charge in [-0.15, -0.1) is 0 Å². The van der Waals surface area contributed by atoms with Gasteiger partial charge in [0.15, 0.2) is 0 Å². The number of piperazine rings is 1. The third-order valence-corrected chi connectivity index (χ3v) is 5.40. The monoisotopic (exact) mass is 405 g/mol. The number of benzene rings is 1. The van der Waals surface area contributed by atoms with Crippen LogP contribution >= 0.6 is 11.6 Å². The predicted molar refractivity (Wildman–Crippen MR) is 110 cm³/mol. The van der Waals surface area contributed by atoms with Gasteiger partial charge in [0.2, 0.25) is 11.8 Å². The van der Waals surface area contributed by atoms with E-state index in [2.05, 4.69) is 27.3 Å². The molecular formula is C20H28ClN5O2. The van der Waals surface area contributed by atoms with Crippen LogP contribution in [0.15, 0.2) is 29.4 Å². The minimum Gasteiger partial charge on any atom is -0.354 e. The number of hydrogen-bond acceptors (Lipinski definition) is 5. The number of nitrogens with one attached hydrogen (secondary N) is 1. The summed E-state index contributed by atoms with van der Waals surface area (Å²) < 4.78 is 0. The van der Waals surface area contributed by atoms with Gasteiger partial charge in [0.05, 0.1) is 5.71 Å². The molecule has 2 aliphatic heterocycles. The van der Waals surface area contributed by atoms with Gasteiger partial charge >= 0.3 is 0 Å². The Labute approximate surface area is 171 Å². The van der Waals surface area contributed by atoms with Crippen LogP contribution in [-0.4, -0.2) is 85.2 Å². The Morgan fingerprint density at radius 1 is 1.14 bits per heavy atom. The van der Waals surface area contributed by atoms with Crippen LogP contribution in [0.2, 0.25) is 5.02 Å². The van der Waals surface area contributed by atoms with Crippen molar-refractivity contribution in [2.45, 2.75) is 19.3 Å². The van der Waals surface area contributed by atoms with E-state index < -0.39 is 0 Å². The van der Waals surface area contributed by atoms with E-state index in [0.29, 0.717) is 24.4 Å². The Morgan fingerprint density at radius 2 is 1.86 bits per heavy atom. The van der Waals surface area contributed by atoms with E-state index in [1.54, 1.807) is 12.1 Å². The summed E-state index contributed by atoms with van der Waals surface area (Å²) in [4.78, 5) is 29.1. The van der Waals surface area contributed by atoms with Crippen molar-refractivity contribution in [2.24, 2.45) is 5.10 Å². The van der Waals surface area contributed by atoms with Gasteiger partial charge in [-0.1, -0.05) is 23.7 Å². The molecule has 1 N–H and O–H groups in total. The lowest BCUT2D eigenvalue weighted by Gasteiger charge is -2.32. The van der Waals surface area contributed by atoms with Crippen LogP contribution in [0.3, 0.4) is 0 Å². The first-order chi connectivity index (χ1) is 13.5. The summed E-state index contributed by atoms with van der Waals surface area (Å²) in [6, 6.07) is 7.36. The number of likely N-dealkylation sites (N-methyl/N-ethyl adjacent to an activating group) is 1. The molecule has 1 fully saturated rings. The molecule has 1 aromatic rings. The molecule has 0 aromatic heterocycles. The number of halogens is 1. The van der Waals surface area contributed by atoms with E-state index in [-0.39, 0.29) is 18.4 Å². The Bertz CT molecular complexity index is 714. The fourth-order valence-electron chi connectivity index (χ4n) is 3.37. The molecule has 2 heterocycles. The molecule has 2 aliphatic rings. The van der Waals surface area contributed by atoms with Crippen molar-refractivity contribution < 1.29 is 9.59 Å². The highest BCUT2D eigenvalue weighted by atomic mass is 35.5. The largest absolute Gasteiger partial charge is 0.354 e. The third kappa shape index (κ3) is 6.02. The first kappa shape index (κ1) is 20.8. The van der Waals surface area contributed by atoms with E-state index in [4.69, 9.17) is 11.6 Å². The normalized spacial score (nSPS) is 18.9. The molecule has 152 valence electrons. The maximum atomic E-state index is 12.2. The number of rotatable bonds is 7. The maximum Gasteiger partial charge on any atom is 0.243 e. The van der Waals surface area contributed by atoms with Crippen molar-refractivity contribution in [1.82, 2.24) is 20.1 Å². The van der Waals surface area contributed by atoms with Crippen molar-refractivity contribution in [1.29, 1.82) is 0 Å². The molecule has 8 heteroatoms. The van der Waals surface area contributed by atoms with Crippen LogP contribution in [0.5, 0.6) is 0 Å². The van der Waals surface area contributed by atoms with Crippen LogP contribution in [0.1, 0.15) is 24.8 Å². The van der Waals surface area contributed by atoms with Crippen LogP contribution in [-0.2, 0) is 9.59 Å². The number of carbonyl (C=O) groups excluding carboxylic acids is 2. The second-order valence-electron chi connectivity index (χ2n) is 7.35. The second kappa shape index (κ2) is 10.0. The van der Waals surface area contributed by atoms with E-state index in [0.717, 1.165) is 50.4 Å². The zero-order chi connectivity index (χ0) is 19.9. The van der Waals surface area contributed by atoms with Gasteiger partial charge in [0, 0.05) is 50.6 Å². The standard InChI is InChI=1S/C20H28ClN5O2/c1-24-11-13-25(14-12-24)10-2-9-22-19(27)15-26-20(28)8-7-18(23-26)16-3-5-17(21)6-4-16/h3-6H,2,7-15H2,1H3,(H,22,27). The summed E-state index contributed by atoms with van der Waals surface area (Å²) in [6.07, 6.45) is 1.84. The van der Waals surface area contributed by atoms with Crippen molar-refractivity contribution in [2.75, 3.05) is 52.9 Å². The van der Waals surface area contributed by atoms with Crippen LogP contribution in [0.4, 0.5) is 0 Å². The van der Waals surface area contributed by atoms with Crippen molar-refractivity contribution >= 4 is 29.1 Å². The van der Waals surface area contributed by atoms with E-state index in [1.807, 2.05) is 12.1 Å². The topological polar surface area (TPSA) is 68.2 Å². The summed E-state index contributed by atoms with van der Waals surface area (Å²) in [5, 5.41) is 9.24. The Kier molecular flexibility index (Phi) is 7.42. The molecule has 3 rings (SSSR count). The van der Waals surface area contributed by atoms with Crippen molar-refractivity contribution in [3.05, 3.63) is 34.9 Å². The molecule has 1 aromatic carbocycles. The van der Waals surface area contributed by atoms with Gasteiger partial charge in [0.1, 0.15) is 6.54 Å². The minimum absolute atomic E-state index is 0.0373. The molecule has 0 radical (unpaired) electrons. The third-order valence-electron chi connectivity index (χ3n) is 5.14. The van der Waals surface area contributed by atoms with Crippen LogP contribution in [0, 0.1) is 0 Å². The highest BCUT2D eigenvalue weighted by Crippen LogP contribution is 2.17. The number of amides is 2. The summed E-state index contributed by atoms with van der Waals surface area (Å²) in [7, 11) is 2.14. The highest BCUT2D eigenvalue weighted by Gasteiger charge is 2.23.